The molecule has 1 N–H and O–H groups in total. The Morgan fingerprint density at radius 3 is 2.50 bits per heavy atom. The Morgan fingerprint density at radius 2 is 2.00 bits per heavy atom. The van der Waals surface area contributed by atoms with E-state index < -0.39 is 51.2 Å². The van der Waals surface area contributed by atoms with Crippen LogP contribution >= 0.6 is 0 Å². The van der Waals surface area contributed by atoms with E-state index in [1.807, 2.05) is 4.98 Å². The molecule has 0 bridgehead atoms. The predicted molar refractivity (Wildman–Crippen MR) is 74.5 cm³/mol. The Morgan fingerprint density at radius 1 is 1.38 bits per heavy atom. The summed E-state index contributed by atoms with van der Waals surface area (Å²) in [5, 5.41) is 0. The number of nitrogens with zero attached hydrogens (tertiary/aromatic N) is 1. The lowest BCUT2D eigenvalue weighted by atomic mass is 9.99. The fraction of sp³-hybridized carbons (Fsp3) is 0.667. The van der Waals surface area contributed by atoms with Gasteiger partial charge < -0.3 is 4.74 Å². The highest BCUT2D eigenvalue weighted by molar-refractivity contribution is 7.87. The van der Waals surface area contributed by atoms with E-state index in [0.29, 0.717) is 6.42 Å². The maximum Gasteiger partial charge on any atom is 0.523 e. The van der Waals surface area contributed by atoms with E-state index in [1.54, 1.807) is 6.92 Å². The zero-order valence-electron chi connectivity index (χ0n) is 12.6. The first-order valence-corrected chi connectivity index (χ1v) is 8.35. The van der Waals surface area contributed by atoms with E-state index in [4.69, 9.17) is 4.74 Å². The molecular formula is C12H15F3N2O6S. The number of hydrogen-bond donors (Lipinski definition) is 1. The van der Waals surface area contributed by atoms with Gasteiger partial charge in [-0.2, -0.15) is 21.6 Å². The first kappa shape index (κ1) is 18.7. The molecule has 12 heteroatoms. The van der Waals surface area contributed by atoms with Gasteiger partial charge in [-0.25, -0.2) is 4.79 Å². The predicted octanol–water partition coefficient (Wildman–Crippen LogP) is 0.715. The number of alkyl halides is 3. The van der Waals surface area contributed by atoms with Crippen LogP contribution in [0.2, 0.25) is 0 Å². The third kappa shape index (κ3) is 3.39. The number of aromatic amines is 1. The first-order chi connectivity index (χ1) is 11.0. The van der Waals surface area contributed by atoms with E-state index in [-0.39, 0.29) is 0 Å². The Labute approximate surface area is 134 Å². The van der Waals surface area contributed by atoms with Gasteiger partial charge in [-0.3, -0.25) is 18.5 Å². The van der Waals surface area contributed by atoms with E-state index in [0.717, 1.165) is 16.8 Å². The van der Waals surface area contributed by atoms with Crippen LogP contribution in [0, 0.1) is 5.92 Å². The van der Waals surface area contributed by atoms with E-state index in [1.165, 1.54) is 6.92 Å². The van der Waals surface area contributed by atoms with Crippen LogP contribution in [0.4, 0.5) is 13.2 Å². The molecule has 0 spiro atoms. The van der Waals surface area contributed by atoms with Crippen molar-refractivity contribution in [1.29, 1.82) is 0 Å². The van der Waals surface area contributed by atoms with Crippen molar-refractivity contribution < 1.29 is 30.5 Å². The Hall–Kier alpha value is -1.66. The summed E-state index contributed by atoms with van der Waals surface area (Å²) < 4.78 is 71.0. The quantitative estimate of drug-likeness (QED) is 0.616. The number of rotatable bonds is 4. The van der Waals surface area contributed by atoms with Crippen LogP contribution in [0.1, 0.15) is 26.5 Å². The summed E-state index contributed by atoms with van der Waals surface area (Å²) in [5.41, 5.74) is -7.26. The monoisotopic (exact) mass is 372 g/mol. The molecule has 2 heterocycles. The molecule has 0 saturated carbocycles. The van der Waals surface area contributed by atoms with Crippen molar-refractivity contribution >= 4 is 10.1 Å². The van der Waals surface area contributed by atoms with Gasteiger partial charge in [-0.15, -0.1) is 0 Å². The van der Waals surface area contributed by atoms with E-state index >= 15 is 0 Å². The molecule has 1 aromatic rings. The van der Waals surface area contributed by atoms with Crippen LogP contribution in [-0.2, 0) is 19.0 Å². The highest BCUT2D eigenvalue weighted by Crippen LogP contribution is 2.39. The molecule has 0 aromatic carbocycles. The van der Waals surface area contributed by atoms with Crippen molar-refractivity contribution in [3.8, 4) is 0 Å². The molecule has 136 valence electrons. The zero-order chi connectivity index (χ0) is 18.3. The molecule has 1 aliphatic heterocycles. The van der Waals surface area contributed by atoms with Crippen molar-refractivity contribution in [2.24, 2.45) is 5.92 Å². The number of ether oxygens (including phenoxy) is 1. The molecule has 0 radical (unpaired) electrons. The second kappa shape index (κ2) is 6.33. The Bertz CT molecular complexity index is 815. The van der Waals surface area contributed by atoms with Crippen LogP contribution in [0.15, 0.2) is 21.9 Å². The summed E-state index contributed by atoms with van der Waals surface area (Å²) >= 11 is 0. The molecule has 4 unspecified atom stereocenters. The second-order valence-corrected chi connectivity index (χ2v) is 6.87. The van der Waals surface area contributed by atoms with Crippen LogP contribution in [-0.4, -0.2) is 35.7 Å². The Kier molecular flexibility index (Phi) is 4.93. The number of halogens is 3. The SMILES string of the molecule is CCC1OC(n2ccc(=O)[nH]c2=O)C(OS(=O)(=O)C(F)(F)F)C1C. The molecule has 1 fully saturated rings. The minimum absolute atomic E-state index is 0.363. The van der Waals surface area contributed by atoms with Gasteiger partial charge in [0.1, 0.15) is 6.10 Å². The fourth-order valence-corrected chi connectivity index (χ4v) is 3.18. The van der Waals surface area contributed by atoms with Crippen molar-refractivity contribution in [3.05, 3.63) is 33.1 Å². The van der Waals surface area contributed by atoms with Gasteiger partial charge >= 0.3 is 21.3 Å². The summed E-state index contributed by atoms with van der Waals surface area (Å²) in [7, 11) is -5.87. The van der Waals surface area contributed by atoms with Crippen LogP contribution in [0.3, 0.4) is 0 Å². The first-order valence-electron chi connectivity index (χ1n) is 6.94. The largest absolute Gasteiger partial charge is 0.523 e. The van der Waals surface area contributed by atoms with Crippen molar-refractivity contribution in [1.82, 2.24) is 9.55 Å². The number of aromatic nitrogens is 2. The zero-order valence-corrected chi connectivity index (χ0v) is 13.4. The molecule has 1 saturated heterocycles. The van der Waals surface area contributed by atoms with Gasteiger partial charge in [0, 0.05) is 18.2 Å². The number of nitrogens with one attached hydrogen (secondary N) is 1. The van der Waals surface area contributed by atoms with E-state index in [2.05, 4.69) is 4.18 Å². The minimum Gasteiger partial charge on any atom is -0.351 e. The molecule has 8 nitrogen and oxygen atoms in total. The average Bonchev–Trinajstić information content (AvgIpc) is 2.74. The smallest absolute Gasteiger partial charge is 0.351 e. The molecule has 24 heavy (non-hydrogen) atoms. The molecule has 0 amide bonds. The summed E-state index contributed by atoms with van der Waals surface area (Å²) in [5.74, 6) is -0.740. The molecule has 1 aliphatic rings. The number of hydrogen-bond acceptors (Lipinski definition) is 6. The lowest BCUT2D eigenvalue weighted by Gasteiger charge is -2.22. The van der Waals surface area contributed by atoms with Crippen LogP contribution in [0.5, 0.6) is 0 Å². The van der Waals surface area contributed by atoms with Crippen LogP contribution < -0.4 is 11.2 Å². The molecular weight excluding hydrogens is 357 g/mol. The normalized spacial score (nSPS) is 28.2. The van der Waals surface area contributed by atoms with Crippen molar-refractivity contribution in [2.45, 2.75) is 44.2 Å². The van der Waals surface area contributed by atoms with Crippen LogP contribution in [0.25, 0.3) is 0 Å². The number of H-pyrrole nitrogens is 1. The summed E-state index contributed by atoms with van der Waals surface area (Å²) in [6, 6.07) is 0.962. The lowest BCUT2D eigenvalue weighted by molar-refractivity contribution is -0.0685. The molecule has 4 atom stereocenters. The van der Waals surface area contributed by atoms with Gasteiger partial charge in [-0.1, -0.05) is 13.8 Å². The molecule has 0 aliphatic carbocycles. The van der Waals surface area contributed by atoms with Crippen molar-refractivity contribution in [3.63, 3.8) is 0 Å². The van der Waals surface area contributed by atoms with Gasteiger partial charge in [0.2, 0.25) is 0 Å². The molecule has 1 aromatic heterocycles. The van der Waals surface area contributed by atoms with Gasteiger partial charge in [0.25, 0.3) is 5.56 Å². The maximum absolute atomic E-state index is 12.6. The minimum atomic E-state index is -5.87. The van der Waals surface area contributed by atoms with Gasteiger partial charge in [0.05, 0.1) is 6.10 Å². The Balaban J connectivity index is 2.45. The lowest BCUT2D eigenvalue weighted by Crippen LogP contribution is -2.40. The topological polar surface area (TPSA) is 107 Å². The molecule has 2 rings (SSSR count). The van der Waals surface area contributed by atoms with E-state index in [9.17, 15) is 31.2 Å². The standard InChI is InChI=1S/C12H15F3N2O6S/c1-3-7-6(2)9(23-24(20,21)12(13,14)15)10(22-7)17-5-4-8(18)16-11(17)19/h4-7,9-10H,3H2,1-2H3,(H,16,18,19). The highest BCUT2D eigenvalue weighted by atomic mass is 32.2. The van der Waals surface area contributed by atoms with Gasteiger partial charge in [0.15, 0.2) is 6.23 Å². The third-order valence-corrected chi connectivity index (χ3v) is 4.79. The second-order valence-electron chi connectivity index (χ2n) is 5.31. The highest BCUT2D eigenvalue weighted by Gasteiger charge is 2.53. The summed E-state index contributed by atoms with van der Waals surface area (Å²) in [6.07, 6.45) is -2.26. The van der Waals surface area contributed by atoms with Gasteiger partial charge in [-0.05, 0) is 6.42 Å². The fourth-order valence-electron chi connectivity index (χ4n) is 2.51. The maximum atomic E-state index is 12.6. The van der Waals surface area contributed by atoms with Crippen molar-refractivity contribution in [2.75, 3.05) is 0 Å². The average molecular weight is 372 g/mol. The summed E-state index contributed by atoms with van der Waals surface area (Å²) in [6.45, 7) is 3.15. The summed E-state index contributed by atoms with van der Waals surface area (Å²) in [4.78, 5) is 24.9. The third-order valence-electron chi connectivity index (χ3n) is 3.75.